The first-order chi connectivity index (χ1) is 18.3. The van der Waals surface area contributed by atoms with Gasteiger partial charge in [-0.15, -0.1) is 0 Å². The number of carbonyl (C=O) groups is 1. The number of hydrogen-bond acceptors (Lipinski definition) is 10. The highest BCUT2D eigenvalue weighted by molar-refractivity contribution is 7.99. The highest BCUT2D eigenvalue weighted by Crippen LogP contribution is 2.32. The molecule has 9 nitrogen and oxygen atoms in total. The van der Waals surface area contributed by atoms with E-state index < -0.39 is 12.0 Å². The molecule has 1 aromatic carbocycles. The van der Waals surface area contributed by atoms with Gasteiger partial charge in [-0.3, -0.25) is 9.36 Å². The van der Waals surface area contributed by atoms with E-state index in [1.54, 1.807) is 64.5 Å². The highest BCUT2D eigenvalue weighted by atomic mass is 32.2. The van der Waals surface area contributed by atoms with E-state index in [4.69, 9.17) is 13.9 Å². The summed E-state index contributed by atoms with van der Waals surface area (Å²) < 4.78 is 18.8. The molecular formula is C27H24N4O5S2. The first-order valence-corrected chi connectivity index (χ1v) is 13.4. The Hall–Kier alpha value is -3.96. The molecule has 0 saturated carbocycles. The van der Waals surface area contributed by atoms with E-state index in [0.717, 1.165) is 0 Å². The minimum Gasteiger partial charge on any atom is -0.497 e. The number of fused-ring (bicyclic) bond motifs is 1. The van der Waals surface area contributed by atoms with Gasteiger partial charge in [-0.1, -0.05) is 23.5 Å². The molecular weight excluding hydrogens is 524 g/mol. The van der Waals surface area contributed by atoms with Gasteiger partial charge in [0.05, 0.1) is 35.1 Å². The normalized spacial score (nSPS) is 15.4. The number of thiazole rings is 1. The Balaban J connectivity index is 1.60. The SMILES string of the molecule is COc1cccc([C@H]2C(C(=O)OC(C)C)=C(C)N=c3s/c(=C\c4ccc(Sc5ncccn5)o4)c(=O)n32)c1. The van der Waals surface area contributed by atoms with E-state index in [1.165, 1.54) is 27.7 Å². The summed E-state index contributed by atoms with van der Waals surface area (Å²) in [7, 11) is 1.57. The number of rotatable bonds is 7. The van der Waals surface area contributed by atoms with Crippen LogP contribution in [-0.2, 0) is 9.53 Å². The molecule has 1 aliphatic rings. The minimum atomic E-state index is -0.729. The molecule has 0 fully saturated rings. The van der Waals surface area contributed by atoms with Gasteiger partial charge in [0, 0.05) is 18.5 Å². The zero-order valence-electron chi connectivity index (χ0n) is 21.1. The third-order valence-corrected chi connectivity index (χ3v) is 7.40. The van der Waals surface area contributed by atoms with Crippen LogP contribution in [0.2, 0.25) is 0 Å². The fourth-order valence-corrected chi connectivity index (χ4v) is 5.72. The number of aromatic nitrogens is 3. The van der Waals surface area contributed by atoms with Crippen molar-refractivity contribution in [2.45, 2.75) is 43.2 Å². The lowest BCUT2D eigenvalue weighted by Crippen LogP contribution is -2.40. The predicted molar refractivity (Wildman–Crippen MR) is 143 cm³/mol. The number of esters is 1. The van der Waals surface area contributed by atoms with E-state index in [1.807, 2.05) is 24.3 Å². The maximum absolute atomic E-state index is 13.8. The molecule has 194 valence electrons. The first kappa shape index (κ1) is 25.7. The van der Waals surface area contributed by atoms with Crippen molar-refractivity contribution in [3.05, 3.63) is 97.1 Å². The van der Waals surface area contributed by atoms with Crippen molar-refractivity contribution >= 4 is 35.1 Å². The summed E-state index contributed by atoms with van der Waals surface area (Å²) in [5, 5.41) is 1.15. The fraction of sp³-hybridized carbons (Fsp3) is 0.222. The molecule has 38 heavy (non-hydrogen) atoms. The molecule has 0 N–H and O–H groups in total. The monoisotopic (exact) mass is 548 g/mol. The molecule has 4 aromatic rings. The fourth-order valence-electron chi connectivity index (χ4n) is 4.01. The molecule has 5 rings (SSSR count). The van der Waals surface area contributed by atoms with E-state index in [0.29, 0.717) is 47.9 Å². The lowest BCUT2D eigenvalue weighted by molar-refractivity contribution is -0.143. The van der Waals surface area contributed by atoms with Crippen molar-refractivity contribution < 1.29 is 18.7 Å². The van der Waals surface area contributed by atoms with Crippen LogP contribution in [0.4, 0.5) is 0 Å². The van der Waals surface area contributed by atoms with Gasteiger partial charge in [-0.05, 0) is 68.4 Å². The Bertz CT molecular complexity index is 1700. The molecule has 0 saturated heterocycles. The number of ether oxygens (including phenoxy) is 2. The van der Waals surface area contributed by atoms with Crippen molar-refractivity contribution in [3.8, 4) is 5.75 Å². The quantitative estimate of drug-likeness (QED) is 0.254. The summed E-state index contributed by atoms with van der Waals surface area (Å²) in [4.78, 5) is 40.4. The topological polar surface area (TPSA) is 109 Å². The molecule has 0 spiro atoms. The second-order valence-corrected chi connectivity index (χ2v) is 10.6. The van der Waals surface area contributed by atoms with Gasteiger partial charge in [-0.25, -0.2) is 19.8 Å². The molecule has 0 amide bonds. The number of benzene rings is 1. The van der Waals surface area contributed by atoms with Gasteiger partial charge < -0.3 is 13.9 Å². The van der Waals surface area contributed by atoms with Gasteiger partial charge in [0.15, 0.2) is 15.1 Å². The third kappa shape index (κ3) is 5.20. The zero-order valence-corrected chi connectivity index (χ0v) is 22.7. The van der Waals surface area contributed by atoms with Crippen LogP contribution in [0.15, 0.2) is 90.6 Å². The van der Waals surface area contributed by atoms with E-state index in [-0.39, 0.29) is 11.7 Å². The predicted octanol–water partition coefficient (Wildman–Crippen LogP) is 3.73. The maximum Gasteiger partial charge on any atom is 0.338 e. The zero-order chi connectivity index (χ0) is 26.8. The molecule has 0 aliphatic carbocycles. The van der Waals surface area contributed by atoms with Crippen LogP contribution in [0.25, 0.3) is 6.08 Å². The summed E-state index contributed by atoms with van der Waals surface area (Å²) in [6.45, 7) is 5.32. The Labute approximate surface area is 226 Å². The van der Waals surface area contributed by atoms with Gasteiger partial charge in [0.25, 0.3) is 5.56 Å². The molecule has 11 heteroatoms. The summed E-state index contributed by atoms with van der Waals surface area (Å²) >= 11 is 2.51. The van der Waals surface area contributed by atoms with Crippen molar-refractivity contribution in [1.29, 1.82) is 0 Å². The number of furan rings is 1. The molecule has 0 radical (unpaired) electrons. The lowest BCUT2D eigenvalue weighted by atomic mass is 9.95. The Kier molecular flexibility index (Phi) is 7.30. The van der Waals surface area contributed by atoms with Crippen molar-refractivity contribution in [1.82, 2.24) is 14.5 Å². The van der Waals surface area contributed by atoms with E-state index in [9.17, 15) is 9.59 Å². The smallest absolute Gasteiger partial charge is 0.338 e. The van der Waals surface area contributed by atoms with Crippen LogP contribution in [0.3, 0.4) is 0 Å². The van der Waals surface area contributed by atoms with Crippen molar-refractivity contribution in [2.24, 2.45) is 4.99 Å². The number of allylic oxidation sites excluding steroid dienone is 1. The van der Waals surface area contributed by atoms with E-state index in [2.05, 4.69) is 15.0 Å². The van der Waals surface area contributed by atoms with Crippen LogP contribution < -0.4 is 19.6 Å². The minimum absolute atomic E-state index is 0.291. The number of nitrogens with zero attached hydrogens (tertiary/aromatic N) is 4. The van der Waals surface area contributed by atoms with Crippen molar-refractivity contribution in [3.63, 3.8) is 0 Å². The molecule has 1 aliphatic heterocycles. The molecule has 4 heterocycles. The highest BCUT2D eigenvalue weighted by Gasteiger charge is 2.34. The second kappa shape index (κ2) is 10.8. The van der Waals surface area contributed by atoms with Gasteiger partial charge >= 0.3 is 5.97 Å². The molecule has 1 atom stereocenters. The average molecular weight is 549 g/mol. The van der Waals surface area contributed by atoms with Crippen LogP contribution in [0, 0.1) is 0 Å². The number of carbonyl (C=O) groups excluding carboxylic acids is 1. The first-order valence-electron chi connectivity index (χ1n) is 11.8. The summed E-state index contributed by atoms with van der Waals surface area (Å²) in [6, 6.07) is 11.9. The summed E-state index contributed by atoms with van der Waals surface area (Å²) in [5.74, 6) is 0.597. The third-order valence-electron chi connectivity index (χ3n) is 5.60. The van der Waals surface area contributed by atoms with Gasteiger partial charge in [0.1, 0.15) is 11.5 Å². The Morgan fingerprint density at radius 1 is 1.18 bits per heavy atom. The molecule has 0 bridgehead atoms. The number of hydrogen-bond donors (Lipinski definition) is 0. The van der Waals surface area contributed by atoms with Crippen LogP contribution in [-0.4, -0.2) is 33.7 Å². The Morgan fingerprint density at radius 3 is 2.71 bits per heavy atom. The maximum atomic E-state index is 13.8. The van der Waals surface area contributed by atoms with Crippen LogP contribution in [0.1, 0.15) is 38.1 Å². The van der Waals surface area contributed by atoms with Crippen LogP contribution in [0.5, 0.6) is 5.75 Å². The van der Waals surface area contributed by atoms with Crippen LogP contribution >= 0.6 is 23.1 Å². The van der Waals surface area contributed by atoms with E-state index >= 15 is 0 Å². The van der Waals surface area contributed by atoms with Gasteiger partial charge in [-0.2, -0.15) is 0 Å². The molecule has 0 unspecified atom stereocenters. The lowest BCUT2D eigenvalue weighted by Gasteiger charge is -2.25. The largest absolute Gasteiger partial charge is 0.497 e. The summed E-state index contributed by atoms with van der Waals surface area (Å²) in [5.41, 5.74) is 1.23. The second-order valence-electron chi connectivity index (χ2n) is 8.60. The Morgan fingerprint density at radius 2 is 1.97 bits per heavy atom. The summed E-state index contributed by atoms with van der Waals surface area (Å²) in [6.07, 6.45) is 4.66. The average Bonchev–Trinajstić information content (AvgIpc) is 3.46. The molecule has 3 aromatic heterocycles. The van der Waals surface area contributed by atoms with Gasteiger partial charge in [0.2, 0.25) is 0 Å². The standard InChI is InChI=1S/C27H24N4O5S2/c1-15(2)35-25(33)22-16(3)30-27-31(23(22)17-7-5-8-18(13-17)34-4)24(32)20(37-27)14-19-9-10-21(36-19)38-26-28-11-6-12-29-26/h5-15,23H,1-4H3/b20-14-/t23-/m0/s1. The van der Waals surface area contributed by atoms with Crippen molar-refractivity contribution in [2.75, 3.05) is 7.11 Å². The number of methoxy groups -OCH3 is 1.